The molecule has 1 aliphatic rings. The molecule has 0 unspecified atom stereocenters. The number of rotatable bonds is 4. The Labute approximate surface area is 130 Å². The van der Waals surface area contributed by atoms with E-state index in [4.69, 9.17) is 4.98 Å². The third-order valence-electron chi connectivity index (χ3n) is 4.38. The highest BCUT2D eigenvalue weighted by molar-refractivity contribution is 7.13. The van der Waals surface area contributed by atoms with Crippen LogP contribution in [0.3, 0.4) is 0 Å². The monoisotopic (exact) mass is 302 g/mol. The lowest BCUT2D eigenvalue weighted by Gasteiger charge is -2.39. The second kappa shape index (κ2) is 6.22. The molecule has 4 nitrogen and oxygen atoms in total. The maximum atomic E-state index is 4.73. The van der Waals surface area contributed by atoms with Crippen molar-refractivity contribution in [2.24, 2.45) is 0 Å². The molecular formula is C16H22N4S. The maximum absolute atomic E-state index is 4.73. The van der Waals surface area contributed by atoms with Gasteiger partial charge in [0.2, 0.25) is 0 Å². The Morgan fingerprint density at radius 3 is 2.81 bits per heavy atom. The van der Waals surface area contributed by atoms with Crippen molar-refractivity contribution in [3.63, 3.8) is 0 Å². The van der Waals surface area contributed by atoms with Gasteiger partial charge in [0.05, 0.1) is 11.4 Å². The highest BCUT2D eigenvalue weighted by atomic mass is 32.1. The van der Waals surface area contributed by atoms with E-state index < -0.39 is 0 Å². The molecule has 0 aromatic carbocycles. The zero-order valence-electron chi connectivity index (χ0n) is 12.7. The Balaban J connectivity index is 1.61. The molecule has 3 heterocycles. The van der Waals surface area contributed by atoms with E-state index in [1.165, 1.54) is 12.8 Å². The predicted octanol–water partition coefficient (Wildman–Crippen LogP) is 2.78. The van der Waals surface area contributed by atoms with Crippen LogP contribution in [0.15, 0.2) is 29.8 Å². The van der Waals surface area contributed by atoms with E-state index in [2.05, 4.69) is 34.6 Å². The largest absolute Gasteiger partial charge is 0.314 e. The summed E-state index contributed by atoms with van der Waals surface area (Å²) in [5.74, 6) is 0. The van der Waals surface area contributed by atoms with Crippen molar-refractivity contribution in [1.29, 1.82) is 0 Å². The number of nitrogens with zero attached hydrogens (tertiary/aromatic N) is 3. The number of piperidine rings is 1. The van der Waals surface area contributed by atoms with Gasteiger partial charge >= 0.3 is 0 Å². The molecule has 2 aromatic heterocycles. The van der Waals surface area contributed by atoms with E-state index in [0.717, 1.165) is 36.0 Å². The second-order valence-electron chi connectivity index (χ2n) is 5.95. The topological polar surface area (TPSA) is 41.0 Å². The highest BCUT2D eigenvalue weighted by Gasteiger charge is 2.28. The van der Waals surface area contributed by atoms with Crippen LogP contribution < -0.4 is 5.32 Å². The standard InChI is InChI=1S/C16H22N4S/c1-16(17-2)6-9-20(10-7-16)11-13-12-21-15(19-13)14-5-3-4-8-18-14/h3-5,8,12,17H,6-7,9-11H2,1-2H3. The molecule has 0 amide bonds. The Hall–Kier alpha value is -1.30. The lowest BCUT2D eigenvalue weighted by atomic mass is 9.90. The zero-order valence-corrected chi connectivity index (χ0v) is 13.5. The van der Waals surface area contributed by atoms with E-state index in [-0.39, 0.29) is 0 Å². The molecule has 1 aliphatic heterocycles. The minimum absolute atomic E-state index is 0.303. The Bertz CT molecular complexity index is 573. The van der Waals surface area contributed by atoms with Crippen molar-refractivity contribution in [1.82, 2.24) is 20.2 Å². The summed E-state index contributed by atoms with van der Waals surface area (Å²) in [7, 11) is 2.06. The predicted molar refractivity (Wildman–Crippen MR) is 87.3 cm³/mol. The van der Waals surface area contributed by atoms with Gasteiger partial charge in [-0.05, 0) is 38.9 Å². The first-order valence-electron chi connectivity index (χ1n) is 7.46. The summed E-state index contributed by atoms with van der Waals surface area (Å²) in [5.41, 5.74) is 2.43. The molecule has 0 spiro atoms. The minimum Gasteiger partial charge on any atom is -0.314 e. The van der Waals surface area contributed by atoms with Gasteiger partial charge in [0.1, 0.15) is 5.01 Å². The van der Waals surface area contributed by atoms with Crippen LogP contribution in [0.5, 0.6) is 0 Å². The lowest BCUT2D eigenvalue weighted by molar-refractivity contribution is 0.145. The van der Waals surface area contributed by atoms with E-state index in [0.29, 0.717) is 5.54 Å². The van der Waals surface area contributed by atoms with E-state index in [1.807, 2.05) is 24.4 Å². The van der Waals surface area contributed by atoms with Gasteiger partial charge in [-0.3, -0.25) is 9.88 Å². The third kappa shape index (κ3) is 3.48. The molecular weight excluding hydrogens is 280 g/mol. The van der Waals surface area contributed by atoms with Gasteiger partial charge in [-0.15, -0.1) is 11.3 Å². The fourth-order valence-corrected chi connectivity index (χ4v) is 3.46. The number of likely N-dealkylation sites (tertiary alicyclic amines) is 1. The lowest BCUT2D eigenvalue weighted by Crippen LogP contribution is -2.49. The minimum atomic E-state index is 0.303. The van der Waals surface area contributed by atoms with Crippen LogP contribution in [-0.2, 0) is 6.54 Å². The Kier molecular flexibility index (Phi) is 4.33. The molecule has 5 heteroatoms. The summed E-state index contributed by atoms with van der Waals surface area (Å²) in [4.78, 5) is 11.6. The Morgan fingerprint density at radius 2 is 2.14 bits per heavy atom. The molecule has 1 N–H and O–H groups in total. The fraction of sp³-hybridized carbons (Fsp3) is 0.500. The van der Waals surface area contributed by atoms with Gasteiger partial charge in [0.25, 0.3) is 0 Å². The molecule has 1 saturated heterocycles. The first kappa shape index (κ1) is 14.6. The second-order valence-corrected chi connectivity index (χ2v) is 6.80. The highest BCUT2D eigenvalue weighted by Crippen LogP contribution is 2.25. The van der Waals surface area contributed by atoms with Crippen LogP contribution in [0.4, 0.5) is 0 Å². The maximum Gasteiger partial charge on any atom is 0.142 e. The van der Waals surface area contributed by atoms with Gasteiger partial charge in [0, 0.05) is 36.8 Å². The number of pyridine rings is 1. The van der Waals surface area contributed by atoms with Crippen LogP contribution in [0, 0.1) is 0 Å². The summed E-state index contributed by atoms with van der Waals surface area (Å²) < 4.78 is 0. The van der Waals surface area contributed by atoms with Crippen molar-refractivity contribution >= 4 is 11.3 Å². The van der Waals surface area contributed by atoms with Crippen LogP contribution in [0.1, 0.15) is 25.5 Å². The van der Waals surface area contributed by atoms with Crippen molar-refractivity contribution in [3.05, 3.63) is 35.5 Å². The first-order chi connectivity index (χ1) is 10.2. The van der Waals surface area contributed by atoms with Crippen molar-refractivity contribution in [3.8, 4) is 10.7 Å². The molecule has 0 atom stereocenters. The van der Waals surface area contributed by atoms with Gasteiger partial charge in [-0.2, -0.15) is 0 Å². The van der Waals surface area contributed by atoms with E-state index in [1.54, 1.807) is 11.3 Å². The summed E-state index contributed by atoms with van der Waals surface area (Å²) in [6.45, 7) is 5.52. The van der Waals surface area contributed by atoms with Gasteiger partial charge in [-0.1, -0.05) is 6.07 Å². The zero-order chi connectivity index (χ0) is 14.7. The molecule has 1 fully saturated rings. The molecule has 0 radical (unpaired) electrons. The van der Waals surface area contributed by atoms with Crippen LogP contribution >= 0.6 is 11.3 Å². The Morgan fingerprint density at radius 1 is 1.33 bits per heavy atom. The molecule has 0 bridgehead atoms. The van der Waals surface area contributed by atoms with Crippen LogP contribution in [0.2, 0.25) is 0 Å². The number of nitrogens with one attached hydrogen (secondary N) is 1. The summed E-state index contributed by atoms with van der Waals surface area (Å²) in [5, 5.41) is 6.62. The summed E-state index contributed by atoms with van der Waals surface area (Å²) in [6, 6.07) is 5.96. The summed E-state index contributed by atoms with van der Waals surface area (Å²) in [6.07, 6.45) is 4.21. The summed E-state index contributed by atoms with van der Waals surface area (Å²) >= 11 is 1.68. The molecule has 0 saturated carbocycles. The van der Waals surface area contributed by atoms with Crippen LogP contribution in [0.25, 0.3) is 10.7 Å². The number of aromatic nitrogens is 2. The van der Waals surface area contributed by atoms with E-state index in [9.17, 15) is 0 Å². The first-order valence-corrected chi connectivity index (χ1v) is 8.34. The van der Waals surface area contributed by atoms with E-state index >= 15 is 0 Å². The molecule has 112 valence electrons. The smallest absolute Gasteiger partial charge is 0.142 e. The average Bonchev–Trinajstić information content (AvgIpc) is 2.99. The van der Waals surface area contributed by atoms with Crippen molar-refractivity contribution < 1.29 is 0 Å². The van der Waals surface area contributed by atoms with Gasteiger partial charge in [-0.25, -0.2) is 4.98 Å². The average molecular weight is 302 g/mol. The van der Waals surface area contributed by atoms with Crippen molar-refractivity contribution in [2.75, 3.05) is 20.1 Å². The quantitative estimate of drug-likeness (QED) is 0.943. The van der Waals surface area contributed by atoms with Gasteiger partial charge in [0.15, 0.2) is 0 Å². The van der Waals surface area contributed by atoms with Gasteiger partial charge < -0.3 is 5.32 Å². The number of thiazole rings is 1. The van der Waals surface area contributed by atoms with Crippen molar-refractivity contribution in [2.45, 2.75) is 31.8 Å². The third-order valence-corrected chi connectivity index (χ3v) is 5.30. The SMILES string of the molecule is CNC1(C)CCN(Cc2csc(-c3ccccn3)n2)CC1. The molecule has 21 heavy (non-hydrogen) atoms. The number of hydrogen-bond donors (Lipinski definition) is 1. The molecule has 3 rings (SSSR count). The fourth-order valence-electron chi connectivity index (χ4n) is 2.67. The molecule has 0 aliphatic carbocycles. The normalized spacial score (nSPS) is 18.8. The van der Waals surface area contributed by atoms with Crippen LogP contribution in [-0.4, -0.2) is 40.5 Å². The number of hydrogen-bond acceptors (Lipinski definition) is 5. The molecule has 2 aromatic rings.